The molecule has 2 aliphatic rings. The monoisotopic (exact) mass is 284 g/mol. The molecule has 0 aromatic carbocycles. The highest BCUT2D eigenvalue weighted by atomic mass is 16.5. The Hall–Kier alpha value is -0.650. The fraction of sp³-hybridized carbons (Fsp3) is 0.933. The molecule has 0 atom stereocenters. The fourth-order valence-electron chi connectivity index (χ4n) is 2.95. The molecule has 3 N–H and O–H groups in total. The van der Waals surface area contributed by atoms with Crippen LogP contribution in [0.4, 0.5) is 0 Å². The van der Waals surface area contributed by atoms with E-state index in [-0.39, 0.29) is 5.91 Å². The zero-order chi connectivity index (χ0) is 14.3. The Morgan fingerprint density at radius 2 is 2.00 bits per heavy atom. The molecule has 2 fully saturated rings. The molecule has 0 aromatic rings. The van der Waals surface area contributed by atoms with E-state index in [0.29, 0.717) is 19.1 Å². The molecule has 20 heavy (non-hydrogen) atoms. The third-order valence-electron chi connectivity index (χ3n) is 4.39. The van der Waals surface area contributed by atoms with Gasteiger partial charge in [-0.25, -0.2) is 0 Å². The van der Waals surface area contributed by atoms with Gasteiger partial charge in [-0.1, -0.05) is 12.8 Å². The molecule has 1 heterocycles. The Kier molecular flexibility index (Phi) is 6.26. The maximum Gasteiger partial charge on any atom is 0.240 e. The standard InChI is InChI=1S/C15H28N2O3/c16-15(6-1-2-7-15)14(18)17-8-3-9-20-12-13-4-10-19-11-5-13/h13H,1-12,16H2,(H,17,18). The molecular formula is C15H28N2O3. The van der Waals surface area contributed by atoms with Gasteiger partial charge in [0.2, 0.25) is 5.91 Å². The molecule has 1 amide bonds. The lowest BCUT2D eigenvalue weighted by Crippen LogP contribution is -2.52. The summed E-state index contributed by atoms with van der Waals surface area (Å²) in [6.07, 6.45) is 6.83. The summed E-state index contributed by atoms with van der Waals surface area (Å²) in [6, 6.07) is 0. The molecule has 1 saturated heterocycles. The summed E-state index contributed by atoms with van der Waals surface area (Å²) in [5.74, 6) is 0.656. The van der Waals surface area contributed by atoms with Crippen molar-refractivity contribution < 1.29 is 14.3 Å². The van der Waals surface area contributed by atoms with Crippen LogP contribution in [0.25, 0.3) is 0 Å². The maximum absolute atomic E-state index is 12.0. The van der Waals surface area contributed by atoms with E-state index in [1.54, 1.807) is 0 Å². The summed E-state index contributed by atoms with van der Waals surface area (Å²) in [7, 11) is 0. The van der Waals surface area contributed by atoms with E-state index in [0.717, 1.165) is 64.8 Å². The van der Waals surface area contributed by atoms with E-state index in [9.17, 15) is 4.79 Å². The number of carbonyl (C=O) groups excluding carboxylic acids is 1. The number of rotatable bonds is 7. The lowest BCUT2D eigenvalue weighted by molar-refractivity contribution is -0.126. The van der Waals surface area contributed by atoms with Gasteiger partial charge in [-0.2, -0.15) is 0 Å². The average Bonchev–Trinajstić information content (AvgIpc) is 2.92. The summed E-state index contributed by atoms with van der Waals surface area (Å²) in [6.45, 7) is 3.91. The highest BCUT2D eigenvalue weighted by Gasteiger charge is 2.36. The molecule has 1 aliphatic heterocycles. The first kappa shape index (κ1) is 15.7. The summed E-state index contributed by atoms with van der Waals surface area (Å²) in [5, 5.41) is 2.94. The van der Waals surface area contributed by atoms with Crippen molar-refractivity contribution in [2.24, 2.45) is 11.7 Å². The van der Waals surface area contributed by atoms with Gasteiger partial charge in [-0.05, 0) is 38.0 Å². The minimum absolute atomic E-state index is 0.0134. The minimum Gasteiger partial charge on any atom is -0.381 e. The lowest BCUT2D eigenvalue weighted by atomic mass is 9.98. The van der Waals surface area contributed by atoms with Crippen LogP contribution in [0.3, 0.4) is 0 Å². The van der Waals surface area contributed by atoms with Gasteiger partial charge in [-0.3, -0.25) is 4.79 Å². The molecule has 116 valence electrons. The molecule has 5 nitrogen and oxygen atoms in total. The normalized spacial score (nSPS) is 22.9. The summed E-state index contributed by atoms with van der Waals surface area (Å²) >= 11 is 0. The number of hydrogen-bond acceptors (Lipinski definition) is 4. The first-order valence-corrected chi connectivity index (χ1v) is 7.93. The molecule has 0 bridgehead atoms. The topological polar surface area (TPSA) is 73.6 Å². The molecule has 5 heteroatoms. The molecule has 0 aromatic heterocycles. The number of nitrogens with one attached hydrogen (secondary N) is 1. The van der Waals surface area contributed by atoms with Gasteiger partial charge in [0.25, 0.3) is 0 Å². The zero-order valence-electron chi connectivity index (χ0n) is 12.4. The molecule has 1 saturated carbocycles. The van der Waals surface area contributed by atoms with Gasteiger partial charge in [0.1, 0.15) is 0 Å². The molecule has 1 aliphatic carbocycles. The van der Waals surface area contributed by atoms with E-state index < -0.39 is 5.54 Å². The number of nitrogens with two attached hydrogens (primary N) is 1. The van der Waals surface area contributed by atoms with Crippen LogP contribution in [-0.4, -0.2) is 44.4 Å². The van der Waals surface area contributed by atoms with Crippen molar-refractivity contribution in [2.45, 2.75) is 50.5 Å². The quantitative estimate of drug-likeness (QED) is 0.689. The van der Waals surface area contributed by atoms with E-state index >= 15 is 0 Å². The molecule has 2 rings (SSSR count). The van der Waals surface area contributed by atoms with Crippen LogP contribution in [0.1, 0.15) is 44.9 Å². The van der Waals surface area contributed by atoms with Crippen molar-refractivity contribution in [3.8, 4) is 0 Å². The number of carbonyl (C=O) groups is 1. The van der Waals surface area contributed by atoms with Crippen molar-refractivity contribution in [3.63, 3.8) is 0 Å². The van der Waals surface area contributed by atoms with Gasteiger partial charge in [0.15, 0.2) is 0 Å². The van der Waals surface area contributed by atoms with Crippen molar-refractivity contribution in [3.05, 3.63) is 0 Å². The summed E-state index contributed by atoms with van der Waals surface area (Å²) < 4.78 is 11.0. The third kappa shape index (κ3) is 4.72. The second-order valence-corrected chi connectivity index (χ2v) is 6.10. The Bertz CT molecular complexity index is 297. The largest absolute Gasteiger partial charge is 0.381 e. The number of amides is 1. The third-order valence-corrected chi connectivity index (χ3v) is 4.39. The van der Waals surface area contributed by atoms with Crippen LogP contribution >= 0.6 is 0 Å². The first-order chi connectivity index (χ1) is 9.71. The van der Waals surface area contributed by atoms with Crippen molar-refractivity contribution in [1.29, 1.82) is 0 Å². The van der Waals surface area contributed by atoms with E-state index in [1.165, 1.54) is 0 Å². The van der Waals surface area contributed by atoms with Crippen LogP contribution in [0, 0.1) is 5.92 Å². The lowest BCUT2D eigenvalue weighted by Gasteiger charge is -2.23. The van der Waals surface area contributed by atoms with Crippen molar-refractivity contribution in [2.75, 3.05) is 33.0 Å². The van der Waals surface area contributed by atoms with Crippen LogP contribution < -0.4 is 11.1 Å². The number of ether oxygens (including phenoxy) is 2. The Morgan fingerprint density at radius 3 is 2.70 bits per heavy atom. The van der Waals surface area contributed by atoms with Gasteiger partial charge < -0.3 is 20.5 Å². The van der Waals surface area contributed by atoms with Crippen molar-refractivity contribution in [1.82, 2.24) is 5.32 Å². The van der Waals surface area contributed by atoms with Gasteiger partial charge >= 0.3 is 0 Å². The predicted octanol–water partition coefficient (Wildman–Crippen LogP) is 1.21. The first-order valence-electron chi connectivity index (χ1n) is 7.93. The predicted molar refractivity (Wildman–Crippen MR) is 77.4 cm³/mol. The van der Waals surface area contributed by atoms with E-state index in [2.05, 4.69) is 5.32 Å². The van der Waals surface area contributed by atoms with Crippen LogP contribution in [0.5, 0.6) is 0 Å². The highest BCUT2D eigenvalue weighted by molar-refractivity contribution is 5.86. The second kappa shape index (κ2) is 7.96. The smallest absolute Gasteiger partial charge is 0.240 e. The fourth-order valence-corrected chi connectivity index (χ4v) is 2.95. The number of hydrogen-bond donors (Lipinski definition) is 2. The summed E-state index contributed by atoms with van der Waals surface area (Å²) in [4.78, 5) is 12.0. The summed E-state index contributed by atoms with van der Waals surface area (Å²) in [5.41, 5.74) is 5.48. The van der Waals surface area contributed by atoms with Crippen LogP contribution in [-0.2, 0) is 14.3 Å². The maximum atomic E-state index is 12.0. The van der Waals surface area contributed by atoms with E-state index in [4.69, 9.17) is 15.2 Å². The van der Waals surface area contributed by atoms with Gasteiger partial charge in [0.05, 0.1) is 5.54 Å². The van der Waals surface area contributed by atoms with E-state index in [1.807, 2.05) is 0 Å². The van der Waals surface area contributed by atoms with Crippen LogP contribution in [0.15, 0.2) is 0 Å². The Labute approximate surface area is 121 Å². The van der Waals surface area contributed by atoms with Gasteiger partial charge in [0, 0.05) is 33.0 Å². The molecule has 0 radical (unpaired) electrons. The van der Waals surface area contributed by atoms with Crippen molar-refractivity contribution >= 4 is 5.91 Å². The zero-order valence-corrected chi connectivity index (χ0v) is 12.4. The molecule has 0 spiro atoms. The van der Waals surface area contributed by atoms with Crippen LogP contribution in [0.2, 0.25) is 0 Å². The molecule has 0 unspecified atom stereocenters. The minimum atomic E-state index is -0.608. The van der Waals surface area contributed by atoms with Gasteiger partial charge in [-0.15, -0.1) is 0 Å². The molecular weight excluding hydrogens is 256 g/mol. The second-order valence-electron chi connectivity index (χ2n) is 6.10. The Balaban J connectivity index is 1.48. The Morgan fingerprint density at radius 1 is 1.30 bits per heavy atom. The average molecular weight is 284 g/mol. The SMILES string of the molecule is NC1(C(=O)NCCCOCC2CCOCC2)CCCC1. The highest BCUT2D eigenvalue weighted by Crippen LogP contribution is 2.27.